The van der Waals surface area contributed by atoms with Gasteiger partial charge in [0.25, 0.3) is 0 Å². The number of hydrogen-bond donors (Lipinski definition) is 0. The predicted molar refractivity (Wildman–Crippen MR) is 36.1 cm³/mol. The maximum atomic E-state index is 5.12. The molecular formula is C6H11NaO. The van der Waals surface area contributed by atoms with Crippen LogP contribution in [0.3, 0.4) is 0 Å². The molecular weight excluding hydrogens is 111 g/mol. The number of rotatable bonds is 1. The van der Waals surface area contributed by atoms with Crippen LogP contribution in [0.15, 0.2) is 12.3 Å². The molecule has 2 heteroatoms. The van der Waals surface area contributed by atoms with Crippen molar-refractivity contribution < 1.29 is 4.74 Å². The molecule has 0 saturated carbocycles. The number of hydrogen-bond acceptors (Lipinski definition) is 1. The molecule has 0 bridgehead atoms. The van der Waals surface area contributed by atoms with Crippen molar-refractivity contribution in [3.8, 4) is 0 Å². The first-order valence-electron chi connectivity index (χ1n) is 2.74. The summed E-state index contributed by atoms with van der Waals surface area (Å²) < 4.78 is 5.12. The predicted octanol–water partition coefficient (Wildman–Crippen LogP) is 1.05. The summed E-state index contributed by atoms with van der Waals surface area (Å²) in [6.45, 7) is 2.14. The Labute approximate surface area is 72.4 Å². The second-order valence-electron chi connectivity index (χ2n) is 1.77. The van der Waals surface area contributed by atoms with Crippen LogP contribution < -0.4 is 0 Å². The Hall–Kier alpha value is 0.540. The van der Waals surface area contributed by atoms with Gasteiger partial charge in [0.05, 0.1) is 6.26 Å². The van der Waals surface area contributed by atoms with Crippen LogP contribution in [0.1, 0.15) is 19.8 Å². The quantitative estimate of drug-likeness (QED) is 0.472. The summed E-state index contributed by atoms with van der Waals surface area (Å²) in [5.74, 6) is 0. The SMILES string of the molecule is CCC1CC=CO1.[NaH]. The Morgan fingerprint density at radius 1 is 1.75 bits per heavy atom. The van der Waals surface area contributed by atoms with E-state index in [-0.39, 0.29) is 29.6 Å². The molecule has 0 amide bonds. The summed E-state index contributed by atoms with van der Waals surface area (Å²) in [7, 11) is 0. The van der Waals surface area contributed by atoms with Crippen molar-refractivity contribution in [3.05, 3.63) is 12.3 Å². The van der Waals surface area contributed by atoms with Gasteiger partial charge in [-0.05, 0) is 12.5 Å². The first-order valence-corrected chi connectivity index (χ1v) is 2.74. The van der Waals surface area contributed by atoms with Gasteiger partial charge in [0.2, 0.25) is 0 Å². The molecule has 1 aliphatic rings. The molecule has 0 N–H and O–H groups in total. The van der Waals surface area contributed by atoms with Crippen LogP contribution in [0, 0.1) is 0 Å². The molecule has 0 radical (unpaired) electrons. The second-order valence-corrected chi connectivity index (χ2v) is 1.77. The van der Waals surface area contributed by atoms with Crippen LogP contribution in [-0.4, -0.2) is 35.7 Å². The summed E-state index contributed by atoms with van der Waals surface area (Å²) in [6.07, 6.45) is 6.58. The van der Waals surface area contributed by atoms with Crippen molar-refractivity contribution in [2.24, 2.45) is 0 Å². The first-order chi connectivity index (χ1) is 3.43. The van der Waals surface area contributed by atoms with Crippen molar-refractivity contribution >= 4 is 29.6 Å². The van der Waals surface area contributed by atoms with Crippen molar-refractivity contribution in [3.63, 3.8) is 0 Å². The van der Waals surface area contributed by atoms with Gasteiger partial charge in [-0.3, -0.25) is 0 Å². The fraction of sp³-hybridized carbons (Fsp3) is 0.667. The zero-order valence-corrected chi connectivity index (χ0v) is 4.55. The molecule has 0 aromatic heterocycles. The molecule has 1 nitrogen and oxygen atoms in total. The molecule has 0 spiro atoms. The molecule has 1 atom stereocenters. The van der Waals surface area contributed by atoms with E-state index in [0.717, 1.165) is 12.8 Å². The van der Waals surface area contributed by atoms with Crippen LogP contribution in [0.25, 0.3) is 0 Å². The van der Waals surface area contributed by atoms with Gasteiger partial charge in [-0.1, -0.05) is 6.92 Å². The van der Waals surface area contributed by atoms with Gasteiger partial charge < -0.3 is 4.74 Å². The third-order valence-corrected chi connectivity index (χ3v) is 1.22. The fourth-order valence-electron chi connectivity index (χ4n) is 0.692. The van der Waals surface area contributed by atoms with Crippen LogP contribution in [0.4, 0.5) is 0 Å². The van der Waals surface area contributed by atoms with E-state index in [4.69, 9.17) is 4.74 Å². The molecule has 1 rings (SSSR count). The monoisotopic (exact) mass is 122 g/mol. The van der Waals surface area contributed by atoms with E-state index in [1.54, 1.807) is 6.26 Å². The van der Waals surface area contributed by atoms with Crippen LogP contribution in [0.5, 0.6) is 0 Å². The van der Waals surface area contributed by atoms with Crippen molar-refractivity contribution in [1.82, 2.24) is 0 Å². The third kappa shape index (κ3) is 2.21. The Bertz CT molecular complexity index is 72.6. The summed E-state index contributed by atoms with van der Waals surface area (Å²) in [5.41, 5.74) is 0. The van der Waals surface area contributed by atoms with Crippen LogP contribution in [0.2, 0.25) is 0 Å². The molecule has 0 aliphatic carbocycles. The van der Waals surface area contributed by atoms with Gasteiger partial charge in [0, 0.05) is 6.42 Å². The van der Waals surface area contributed by atoms with Gasteiger partial charge in [-0.15, -0.1) is 0 Å². The third-order valence-electron chi connectivity index (χ3n) is 1.22. The zero-order valence-electron chi connectivity index (χ0n) is 4.55. The maximum absolute atomic E-state index is 5.12. The van der Waals surface area contributed by atoms with E-state index in [2.05, 4.69) is 13.0 Å². The Balaban J connectivity index is 0.000000490. The van der Waals surface area contributed by atoms with Gasteiger partial charge in [-0.25, -0.2) is 0 Å². The minimum absolute atomic E-state index is 0. The van der Waals surface area contributed by atoms with E-state index >= 15 is 0 Å². The Morgan fingerprint density at radius 2 is 2.50 bits per heavy atom. The van der Waals surface area contributed by atoms with Gasteiger partial charge in [-0.2, -0.15) is 0 Å². The van der Waals surface area contributed by atoms with E-state index < -0.39 is 0 Å². The van der Waals surface area contributed by atoms with E-state index in [1.807, 2.05) is 0 Å². The molecule has 0 fully saturated rings. The molecule has 0 saturated heterocycles. The van der Waals surface area contributed by atoms with Crippen LogP contribution >= 0.6 is 0 Å². The van der Waals surface area contributed by atoms with Crippen molar-refractivity contribution in [2.75, 3.05) is 0 Å². The fourth-order valence-corrected chi connectivity index (χ4v) is 0.692. The first kappa shape index (κ1) is 8.54. The molecule has 1 heterocycles. The van der Waals surface area contributed by atoms with E-state index in [0.29, 0.717) is 6.10 Å². The second kappa shape index (κ2) is 4.42. The molecule has 0 aromatic rings. The Morgan fingerprint density at radius 3 is 2.75 bits per heavy atom. The Kier molecular flexibility index (Phi) is 4.72. The zero-order chi connectivity index (χ0) is 5.11. The molecule has 1 aliphatic heterocycles. The summed E-state index contributed by atoms with van der Waals surface area (Å²) >= 11 is 0. The van der Waals surface area contributed by atoms with Gasteiger partial charge in [0.1, 0.15) is 6.10 Å². The molecule has 8 heavy (non-hydrogen) atoms. The molecule has 1 unspecified atom stereocenters. The summed E-state index contributed by atoms with van der Waals surface area (Å²) in [5, 5.41) is 0. The van der Waals surface area contributed by atoms with E-state index in [1.165, 1.54) is 0 Å². The average molecular weight is 122 g/mol. The summed E-state index contributed by atoms with van der Waals surface area (Å²) in [6, 6.07) is 0. The number of ether oxygens (including phenoxy) is 1. The average Bonchev–Trinajstić information content (AvgIpc) is 2.14. The summed E-state index contributed by atoms with van der Waals surface area (Å²) in [4.78, 5) is 0. The normalized spacial score (nSPS) is 24.4. The van der Waals surface area contributed by atoms with Crippen LogP contribution in [-0.2, 0) is 4.74 Å². The molecule has 42 valence electrons. The van der Waals surface area contributed by atoms with Gasteiger partial charge >= 0.3 is 29.6 Å². The molecule has 0 aromatic carbocycles. The minimum atomic E-state index is 0. The standard InChI is InChI=1S/C6H10O.Na.H/c1-2-6-4-3-5-7-6;;/h3,5-6H,2,4H2,1H3;;. The van der Waals surface area contributed by atoms with E-state index in [9.17, 15) is 0 Å². The van der Waals surface area contributed by atoms with Crippen molar-refractivity contribution in [1.29, 1.82) is 0 Å². The van der Waals surface area contributed by atoms with Crippen molar-refractivity contribution in [2.45, 2.75) is 25.9 Å². The topological polar surface area (TPSA) is 9.23 Å². The van der Waals surface area contributed by atoms with Gasteiger partial charge in [0.15, 0.2) is 0 Å².